The lowest BCUT2D eigenvalue weighted by Crippen LogP contribution is -2.13. The van der Waals surface area contributed by atoms with Gasteiger partial charge in [-0.3, -0.25) is 4.79 Å². The van der Waals surface area contributed by atoms with E-state index in [1.807, 2.05) is 49.4 Å². The molecule has 0 radical (unpaired) electrons. The lowest BCUT2D eigenvalue weighted by molar-refractivity contribution is -0.109. The minimum atomic E-state index is -0.247. The summed E-state index contributed by atoms with van der Waals surface area (Å²) in [6, 6.07) is 10.1. The van der Waals surface area contributed by atoms with E-state index >= 15 is 0 Å². The van der Waals surface area contributed by atoms with E-state index in [0.717, 1.165) is 35.5 Å². The largest absolute Gasteiger partial charge is 0.301 e. The molecule has 0 heterocycles. The van der Waals surface area contributed by atoms with Crippen LogP contribution in [0.1, 0.15) is 46.0 Å². The Morgan fingerprint density at radius 2 is 1.88 bits per heavy atom. The van der Waals surface area contributed by atoms with Gasteiger partial charge in [0.25, 0.3) is 0 Å². The number of hydrogen-bond acceptors (Lipinski definition) is 3. The molecular weight excluding hydrogens is 314 g/mol. The molecule has 1 aromatic carbocycles. The number of ketones is 1. The van der Waals surface area contributed by atoms with Crippen LogP contribution >= 0.6 is 11.8 Å². The maximum atomic E-state index is 12.2. The molecule has 0 amide bonds. The number of benzene rings is 1. The molecule has 128 valence electrons. The molecule has 0 fully saturated rings. The molecule has 3 heteroatoms. The summed E-state index contributed by atoms with van der Waals surface area (Å²) in [7, 11) is 0. The van der Waals surface area contributed by atoms with Crippen LogP contribution in [-0.4, -0.2) is 11.5 Å². The van der Waals surface area contributed by atoms with Gasteiger partial charge in [0.2, 0.25) is 5.78 Å². The van der Waals surface area contributed by atoms with Gasteiger partial charge in [0.05, 0.1) is 5.71 Å². The van der Waals surface area contributed by atoms with Crippen LogP contribution in [0.15, 0.2) is 70.5 Å². The number of thioether (sulfide) groups is 1. The van der Waals surface area contributed by atoms with E-state index in [1.54, 1.807) is 17.8 Å². The molecule has 0 unspecified atom stereocenters. The molecule has 24 heavy (non-hydrogen) atoms. The number of rotatable bonds is 11. The number of nitrogens with one attached hydrogen (secondary N) is 1. The number of carbonyl (C=O) groups excluding carboxylic acids is 1. The number of allylic oxidation sites excluding steroid dienone is 4. The van der Waals surface area contributed by atoms with Crippen molar-refractivity contribution < 1.29 is 4.79 Å². The van der Waals surface area contributed by atoms with E-state index in [4.69, 9.17) is 5.41 Å². The van der Waals surface area contributed by atoms with Gasteiger partial charge >= 0.3 is 0 Å². The van der Waals surface area contributed by atoms with E-state index in [2.05, 4.69) is 13.5 Å². The molecule has 0 bridgehead atoms. The van der Waals surface area contributed by atoms with Gasteiger partial charge in [-0.25, -0.2) is 0 Å². The van der Waals surface area contributed by atoms with Crippen molar-refractivity contribution in [2.75, 3.05) is 0 Å². The first kappa shape index (κ1) is 20.2. The fourth-order valence-corrected chi connectivity index (χ4v) is 2.93. The maximum Gasteiger partial charge on any atom is 0.205 e. The van der Waals surface area contributed by atoms with Gasteiger partial charge in [0.1, 0.15) is 0 Å². The van der Waals surface area contributed by atoms with Crippen LogP contribution in [-0.2, 0) is 4.79 Å². The molecule has 0 aliphatic heterocycles. The molecule has 0 aliphatic carbocycles. The van der Waals surface area contributed by atoms with Crippen molar-refractivity contribution in [3.63, 3.8) is 0 Å². The van der Waals surface area contributed by atoms with Crippen LogP contribution in [0.5, 0.6) is 0 Å². The van der Waals surface area contributed by atoms with Crippen LogP contribution in [0.4, 0.5) is 0 Å². The molecule has 0 aliphatic rings. The van der Waals surface area contributed by atoms with E-state index < -0.39 is 0 Å². The summed E-state index contributed by atoms with van der Waals surface area (Å²) in [5.41, 5.74) is 0.544. The zero-order valence-electron chi connectivity index (χ0n) is 14.7. The van der Waals surface area contributed by atoms with Crippen LogP contribution in [0.25, 0.3) is 0 Å². The Kier molecular flexibility index (Phi) is 9.78. The molecule has 1 N–H and O–H groups in total. The first-order valence-corrected chi connectivity index (χ1v) is 9.28. The van der Waals surface area contributed by atoms with Crippen molar-refractivity contribution in [2.24, 2.45) is 0 Å². The highest BCUT2D eigenvalue weighted by Crippen LogP contribution is 2.27. The van der Waals surface area contributed by atoms with Crippen LogP contribution in [0, 0.1) is 5.41 Å². The van der Waals surface area contributed by atoms with Gasteiger partial charge in [-0.05, 0) is 38.0 Å². The zero-order chi connectivity index (χ0) is 17.8. The Morgan fingerprint density at radius 1 is 1.17 bits per heavy atom. The van der Waals surface area contributed by atoms with Gasteiger partial charge in [-0.1, -0.05) is 74.9 Å². The number of Topliss-reactive ketones (excluding diaryl/α,β-unsaturated/α-hetero) is 1. The Balaban J connectivity index is 2.53. The highest BCUT2D eigenvalue weighted by atomic mass is 32.2. The highest BCUT2D eigenvalue weighted by molar-refractivity contribution is 8.03. The summed E-state index contributed by atoms with van der Waals surface area (Å²) < 4.78 is 0. The molecule has 1 aromatic rings. The van der Waals surface area contributed by atoms with E-state index in [-0.39, 0.29) is 11.5 Å². The normalized spacial score (nSPS) is 11.7. The van der Waals surface area contributed by atoms with Gasteiger partial charge in [0, 0.05) is 15.4 Å². The Morgan fingerprint density at radius 3 is 2.50 bits per heavy atom. The summed E-state index contributed by atoms with van der Waals surface area (Å²) in [5, 5.41) is 7.91. The highest BCUT2D eigenvalue weighted by Gasteiger charge is 2.11. The summed E-state index contributed by atoms with van der Waals surface area (Å²) in [5.74, 6) is -0.247. The standard InChI is InChI=1S/C21H27NOS/c1-4-6-7-11-14-20(22)21(23)17(3)15-16-18(5-2)24-19-12-9-8-10-13-19/h5,8-10,12-13,15-16,22H,3-4,6-7,11,14H2,1-2H3/b16-15-,18-5+,22-20?. The van der Waals surface area contributed by atoms with Crippen molar-refractivity contribution in [1.29, 1.82) is 5.41 Å². The van der Waals surface area contributed by atoms with Crippen LogP contribution in [0.3, 0.4) is 0 Å². The van der Waals surface area contributed by atoms with Gasteiger partial charge in [-0.15, -0.1) is 0 Å². The Bertz CT molecular complexity index is 614. The molecule has 0 spiro atoms. The van der Waals surface area contributed by atoms with Crippen molar-refractivity contribution >= 4 is 23.3 Å². The quantitative estimate of drug-likeness (QED) is 0.167. The van der Waals surface area contributed by atoms with Gasteiger partial charge in [-0.2, -0.15) is 0 Å². The van der Waals surface area contributed by atoms with E-state index in [1.165, 1.54) is 0 Å². The van der Waals surface area contributed by atoms with Crippen molar-refractivity contribution in [3.8, 4) is 0 Å². The average Bonchev–Trinajstić information content (AvgIpc) is 2.61. The first-order valence-electron chi connectivity index (χ1n) is 8.46. The SMILES string of the molecule is C=C(/C=C\C(=C/C)Sc1ccccc1)C(=O)C(=N)CCCCCC. The molecule has 2 nitrogen and oxygen atoms in total. The molecule has 0 saturated carbocycles. The second-order valence-electron chi connectivity index (χ2n) is 5.58. The van der Waals surface area contributed by atoms with Crippen molar-refractivity contribution in [1.82, 2.24) is 0 Å². The average molecular weight is 342 g/mol. The molecular formula is C21H27NOS. The van der Waals surface area contributed by atoms with Gasteiger partial charge in [0.15, 0.2) is 0 Å². The predicted molar refractivity (Wildman–Crippen MR) is 106 cm³/mol. The molecule has 0 atom stereocenters. The minimum Gasteiger partial charge on any atom is -0.301 e. The Hall–Kier alpha value is -1.87. The predicted octanol–water partition coefficient (Wildman–Crippen LogP) is 6.35. The topological polar surface area (TPSA) is 40.9 Å². The molecule has 1 rings (SSSR count). The number of hydrogen-bond donors (Lipinski definition) is 1. The first-order chi connectivity index (χ1) is 11.6. The Labute approximate surface area is 150 Å². The third kappa shape index (κ3) is 7.60. The zero-order valence-corrected chi connectivity index (χ0v) is 15.5. The van der Waals surface area contributed by atoms with E-state index in [9.17, 15) is 4.79 Å². The smallest absolute Gasteiger partial charge is 0.205 e. The summed E-state index contributed by atoms with van der Waals surface area (Å²) >= 11 is 1.64. The lowest BCUT2D eigenvalue weighted by atomic mass is 10.0. The van der Waals surface area contributed by atoms with Crippen molar-refractivity contribution in [3.05, 3.63) is 65.6 Å². The fraction of sp³-hybridized carbons (Fsp3) is 0.333. The third-order valence-corrected chi connectivity index (χ3v) is 4.67. The monoisotopic (exact) mass is 341 g/mol. The molecule has 0 aromatic heterocycles. The van der Waals surface area contributed by atoms with E-state index in [0.29, 0.717) is 12.0 Å². The second-order valence-corrected chi connectivity index (χ2v) is 6.73. The summed E-state index contributed by atoms with van der Waals surface area (Å²) in [6.07, 6.45) is 10.4. The fourth-order valence-electron chi connectivity index (χ4n) is 2.11. The second kappa shape index (κ2) is 11.6. The number of unbranched alkanes of at least 4 members (excludes halogenated alkanes) is 3. The summed E-state index contributed by atoms with van der Waals surface area (Å²) in [4.78, 5) is 14.4. The lowest BCUT2D eigenvalue weighted by Gasteiger charge is -2.04. The number of carbonyl (C=O) groups is 1. The summed E-state index contributed by atoms with van der Waals surface area (Å²) in [6.45, 7) is 7.94. The molecule has 0 saturated heterocycles. The van der Waals surface area contributed by atoms with Crippen LogP contribution < -0.4 is 0 Å². The van der Waals surface area contributed by atoms with Crippen molar-refractivity contribution in [2.45, 2.75) is 50.8 Å². The third-order valence-electron chi connectivity index (χ3n) is 3.56. The maximum absolute atomic E-state index is 12.2. The van der Waals surface area contributed by atoms with Gasteiger partial charge < -0.3 is 5.41 Å². The minimum absolute atomic E-state index is 0.165. The van der Waals surface area contributed by atoms with Crippen LogP contribution in [0.2, 0.25) is 0 Å².